The molecule has 0 bridgehead atoms. The summed E-state index contributed by atoms with van der Waals surface area (Å²) in [5, 5.41) is 4.56. The lowest BCUT2D eigenvalue weighted by Crippen LogP contribution is -2.50. The van der Waals surface area contributed by atoms with E-state index in [0.717, 1.165) is 24.8 Å². The number of benzene rings is 2. The Bertz CT molecular complexity index is 1160. The van der Waals surface area contributed by atoms with Crippen molar-refractivity contribution in [2.24, 2.45) is 34.5 Å². The number of aromatic nitrogens is 2. The van der Waals surface area contributed by atoms with Crippen LogP contribution in [0.15, 0.2) is 73.1 Å². The van der Waals surface area contributed by atoms with Gasteiger partial charge >= 0.3 is 5.97 Å². The van der Waals surface area contributed by atoms with Crippen molar-refractivity contribution in [1.82, 2.24) is 9.78 Å². The third kappa shape index (κ3) is 5.84. The van der Waals surface area contributed by atoms with Crippen LogP contribution in [0.4, 0.5) is 0 Å². The third-order valence-corrected chi connectivity index (χ3v) is 9.61. The van der Waals surface area contributed by atoms with Gasteiger partial charge in [-0.25, -0.2) is 4.79 Å². The van der Waals surface area contributed by atoms with Crippen molar-refractivity contribution in [3.05, 3.63) is 84.2 Å². The standard InChI is InChI=1S/C33H42N2O2/c1-32(2)17-18-33(3,4)30-22-27(23-35-20-8-19-34-35)26(21-29(30)32)16-13-24-11-14-25(15-12-24)31(36)37-28-9-6-5-7-10-28/h5-12,14-15,19-20,26-27,29-30H,13,16-18,21-23H2,1-4H3. The molecule has 0 radical (unpaired) electrons. The summed E-state index contributed by atoms with van der Waals surface area (Å²) in [4.78, 5) is 12.5. The summed E-state index contributed by atoms with van der Waals surface area (Å²) in [6.45, 7) is 11.1. The van der Waals surface area contributed by atoms with Gasteiger partial charge < -0.3 is 4.74 Å². The Kier molecular flexibility index (Phi) is 7.29. The van der Waals surface area contributed by atoms with E-state index in [1.165, 1.54) is 37.7 Å². The number of ether oxygens (including phenoxy) is 1. The van der Waals surface area contributed by atoms with Gasteiger partial charge in [-0.3, -0.25) is 4.68 Å². The van der Waals surface area contributed by atoms with Crippen LogP contribution in [0.3, 0.4) is 0 Å². The minimum absolute atomic E-state index is 0.308. The molecule has 0 N–H and O–H groups in total. The van der Waals surface area contributed by atoms with Crippen LogP contribution in [0.25, 0.3) is 0 Å². The maximum Gasteiger partial charge on any atom is 0.343 e. The number of rotatable bonds is 7. The lowest BCUT2D eigenvalue weighted by Gasteiger charge is -2.57. The fourth-order valence-corrected chi connectivity index (χ4v) is 7.15. The smallest absolute Gasteiger partial charge is 0.343 e. The van der Waals surface area contributed by atoms with Crippen molar-refractivity contribution in [3.8, 4) is 5.75 Å². The predicted molar refractivity (Wildman–Crippen MR) is 148 cm³/mol. The molecule has 4 heteroatoms. The van der Waals surface area contributed by atoms with Crippen LogP contribution in [0.2, 0.25) is 0 Å². The van der Waals surface area contributed by atoms with Gasteiger partial charge in [-0.05, 0) is 109 Å². The lowest BCUT2D eigenvalue weighted by atomic mass is 9.48. The van der Waals surface area contributed by atoms with Crippen LogP contribution in [0.1, 0.15) is 75.7 Å². The van der Waals surface area contributed by atoms with Gasteiger partial charge in [-0.2, -0.15) is 5.10 Å². The molecule has 2 saturated carbocycles. The maximum absolute atomic E-state index is 12.5. The molecule has 5 rings (SSSR count). The van der Waals surface area contributed by atoms with Crippen LogP contribution in [-0.4, -0.2) is 15.7 Å². The van der Waals surface area contributed by atoms with E-state index in [0.29, 0.717) is 34.0 Å². The van der Waals surface area contributed by atoms with Gasteiger partial charge in [0, 0.05) is 18.9 Å². The van der Waals surface area contributed by atoms with Crippen LogP contribution in [-0.2, 0) is 13.0 Å². The van der Waals surface area contributed by atoms with Crippen molar-refractivity contribution < 1.29 is 9.53 Å². The van der Waals surface area contributed by atoms with E-state index in [1.807, 2.05) is 42.6 Å². The number of carbonyl (C=O) groups is 1. The number of aryl methyl sites for hydroxylation is 1. The second-order valence-electron chi connectivity index (χ2n) is 12.8. The first-order chi connectivity index (χ1) is 17.7. The molecule has 1 aromatic heterocycles. The van der Waals surface area contributed by atoms with E-state index in [1.54, 1.807) is 12.1 Å². The van der Waals surface area contributed by atoms with Crippen molar-refractivity contribution in [2.75, 3.05) is 0 Å². The molecule has 2 aliphatic carbocycles. The zero-order valence-electron chi connectivity index (χ0n) is 22.9. The first kappa shape index (κ1) is 25.8. The van der Waals surface area contributed by atoms with Gasteiger partial charge in [0.25, 0.3) is 0 Å². The van der Waals surface area contributed by atoms with Crippen LogP contribution in [0, 0.1) is 34.5 Å². The number of hydrogen-bond acceptors (Lipinski definition) is 3. The molecule has 2 fully saturated rings. The Morgan fingerprint density at radius 2 is 1.54 bits per heavy atom. The van der Waals surface area contributed by atoms with Crippen molar-refractivity contribution in [3.63, 3.8) is 0 Å². The highest BCUT2D eigenvalue weighted by Gasteiger charge is 2.51. The number of fused-ring (bicyclic) bond motifs is 1. The maximum atomic E-state index is 12.5. The highest BCUT2D eigenvalue weighted by Crippen LogP contribution is 2.60. The Morgan fingerprint density at radius 3 is 2.16 bits per heavy atom. The van der Waals surface area contributed by atoms with Crippen molar-refractivity contribution >= 4 is 5.97 Å². The summed E-state index contributed by atoms with van der Waals surface area (Å²) in [6.07, 6.45) is 11.5. The van der Waals surface area contributed by atoms with E-state index in [4.69, 9.17) is 4.74 Å². The first-order valence-electron chi connectivity index (χ1n) is 14.0. The molecule has 37 heavy (non-hydrogen) atoms. The van der Waals surface area contributed by atoms with E-state index < -0.39 is 0 Å². The quantitative estimate of drug-likeness (QED) is 0.246. The predicted octanol–water partition coefficient (Wildman–Crippen LogP) is 7.84. The molecule has 0 amide bonds. The summed E-state index contributed by atoms with van der Waals surface area (Å²) >= 11 is 0. The van der Waals surface area contributed by atoms with E-state index in [-0.39, 0.29) is 5.97 Å². The highest BCUT2D eigenvalue weighted by molar-refractivity contribution is 5.91. The average molecular weight is 499 g/mol. The molecule has 0 saturated heterocycles. The van der Waals surface area contributed by atoms with E-state index >= 15 is 0 Å². The second-order valence-corrected chi connectivity index (χ2v) is 12.8. The number of para-hydroxylation sites is 1. The molecule has 1 heterocycles. The summed E-state index contributed by atoms with van der Waals surface area (Å²) in [5.41, 5.74) is 2.71. The fourth-order valence-electron chi connectivity index (χ4n) is 7.15. The summed E-state index contributed by atoms with van der Waals surface area (Å²) in [7, 11) is 0. The SMILES string of the molecule is CC1(C)CCC(C)(C)C2CC(Cn3cccn3)C(CCc3ccc(C(=O)Oc4ccccc4)cc3)CC21. The Hall–Kier alpha value is -2.88. The molecule has 4 atom stereocenters. The normalized spacial score (nSPS) is 26.3. The summed E-state index contributed by atoms with van der Waals surface area (Å²) < 4.78 is 7.64. The molecule has 0 aliphatic heterocycles. The van der Waals surface area contributed by atoms with E-state index in [9.17, 15) is 4.79 Å². The minimum atomic E-state index is -0.308. The average Bonchev–Trinajstić information content (AvgIpc) is 3.40. The molecular formula is C33H42N2O2. The van der Waals surface area contributed by atoms with Crippen LogP contribution in [0.5, 0.6) is 5.75 Å². The molecule has 196 valence electrons. The van der Waals surface area contributed by atoms with Crippen LogP contribution >= 0.6 is 0 Å². The molecule has 4 nitrogen and oxygen atoms in total. The molecule has 2 aliphatic rings. The zero-order chi connectivity index (χ0) is 26.0. The largest absolute Gasteiger partial charge is 0.423 e. The minimum Gasteiger partial charge on any atom is -0.423 e. The number of hydrogen-bond donors (Lipinski definition) is 0. The molecule has 0 spiro atoms. The number of carbonyl (C=O) groups excluding carboxylic acids is 1. The van der Waals surface area contributed by atoms with Crippen molar-refractivity contribution in [1.29, 1.82) is 0 Å². The number of esters is 1. The lowest BCUT2D eigenvalue weighted by molar-refractivity contribution is -0.0818. The fraction of sp³-hybridized carbons (Fsp3) is 0.515. The highest BCUT2D eigenvalue weighted by atomic mass is 16.5. The van der Waals surface area contributed by atoms with Gasteiger partial charge in [-0.15, -0.1) is 0 Å². The Balaban J connectivity index is 1.27. The van der Waals surface area contributed by atoms with Crippen LogP contribution < -0.4 is 4.74 Å². The van der Waals surface area contributed by atoms with Gasteiger partial charge in [0.15, 0.2) is 0 Å². The number of nitrogens with zero attached hydrogens (tertiary/aromatic N) is 2. The molecule has 4 unspecified atom stereocenters. The first-order valence-corrected chi connectivity index (χ1v) is 14.0. The Morgan fingerprint density at radius 1 is 0.892 bits per heavy atom. The summed E-state index contributed by atoms with van der Waals surface area (Å²) in [5.74, 6) is 3.16. The second kappa shape index (κ2) is 10.5. The molecule has 2 aromatic carbocycles. The molecule has 3 aromatic rings. The summed E-state index contributed by atoms with van der Waals surface area (Å²) in [6, 6.07) is 19.3. The monoisotopic (exact) mass is 498 g/mol. The van der Waals surface area contributed by atoms with Gasteiger partial charge in [0.1, 0.15) is 5.75 Å². The van der Waals surface area contributed by atoms with Gasteiger partial charge in [0.05, 0.1) is 5.56 Å². The Labute approximate surface area is 222 Å². The third-order valence-electron chi connectivity index (χ3n) is 9.61. The van der Waals surface area contributed by atoms with Gasteiger partial charge in [0.2, 0.25) is 0 Å². The van der Waals surface area contributed by atoms with Gasteiger partial charge in [-0.1, -0.05) is 58.0 Å². The zero-order valence-corrected chi connectivity index (χ0v) is 22.9. The molecular weight excluding hydrogens is 456 g/mol. The topological polar surface area (TPSA) is 44.1 Å². The van der Waals surface area contributed by atoms with Crippen molar-refractivity contribution in [2.45, 2.75) is 72.8 Å². The van der Waals surface area contributed by atoms with E-state index in [2.05, 4.69) is 55.8 Å².